The molecule has 1 saturated heterocycles. The molecule has 106 valence electrons. The number of amides is 1. The number of aryl methyl sites for hydroxylation is 1. The van der Waals surface area contributed by atoms with Gasteiger partial charge in [-0.15, -0.1) is 0 Å². The van der Waals surface area contributed by atoms with Crippen LogP contribution >= 0.6 is 0 Å². The van der Waals surface area contributed by atoms with E-state index >= 15 is 0 Å². The standard InChI is InChI=1S/C15H25N3O/c1-2-17-11-7-14(13-17)12-16-8-6-15(19)18-9-4-3-5-10-18/h7,11,13,16H,2-6,8-10,12H2,1H3. The lowest BCUT2D eigenvalue weighted by Crippen LogP contribution is -2.37. The van der Waals surface area contributed by atoms with E-state index < -0.39 is 0 Å². The van der Waals surface area contributed by atoms with Crippen molar-refractivity contribution in [1.82, 2.24) is 14.8 Å². The van der Waals surface area contributed by atoms with Crippen LogP contribution in [0.5, 0.6) is 0 Å². The highest BCUT2D eigenvalue weighted by Gasteiger charge is 2.15. The van der Waals surface area contributed by atoms with Gasteiger partial charge in [-0.05, 0) is 37.8 Å². The highest BCUT2D eigenvalue weighted by atomic mass is 16.2. The van der Waals surface area contributed by atoms with Crippen LogP contribution in [0.4, 0.5) is 0 Å². The third-order valence-corrected chi connectivity index (χ3v) is 3.73. The molecule has 0 atom stereocenters. The Labute approximate surface area is 115 Å². The van der Waals surface area contributed by atoms with Gasteiger partial charge in [-0.25, -0.2) is 0 Å². The Balaban J connectivity index is 1.62. The number of hydrogen-bond acceptors (Lipinski definition) is 2. The minimum absolute atomic E-state index is 0.304. The van der Waals surface area contributed by atoms with Crippen LogP contribution in [0.2, 0.25) is 0 Å². The predicted octanol–water partition coefficient (Wildman–Crippen LogP) is 2.00. The number of carbonyl (C=O) groups excluding carboxylic acids is 1. The largest absolute Gasteiger partial charge is 0.354 e. The molecule has 1 fully saturated rings. The zero-order valence-electron chi connectivity index (χ0n) is 11.9. The molecule has 0 aliphatic carbocycles. The van der Waals surface area contributed by atoms with E-state index in [2.05, 4.69) is 35.3 Å². The van der Waals surface area contributed by atoms with E-state index in [1.54, 1.807) is 0 Å². The normalized spacial score (nSPS) is 15.7. The van der Waals surface area contributed by atoms with Crippen molar-refractivity contribution in [2.45, 2.75) is 45.7 Å². The lowest BCUT2D eigenvalue weighted by atomic mass is 10.1. The van der Waals surface area contributed by atoms with Crippen molar-refractivity contribution in [3.05, 3.63) is 24.0 Å². The summed E-state index contributed by atoms with van der Waals surface area (Å²) in [5.41, 5.74) is 1.28. The number of nitrogens with zero attached hydrogens (tertiary/aromatic N) is 2. The maximum absolute atomic E-state index is 11.9. The zero-order valence-corrected chi connectivity index (χ0v) is 11.9. The molecule has 1 aromatic rings. The van der Waals surface area contributed by atoms with Crippen molar-refractivity contribution in [1.29, 1.82) is 0 Å². The number of piperidine rings is 1. The van der Waals surface area contributed by atoms with Gasteiger partial charge >= 0.3 is 0 Å². The van der Waals surface area contributed by atoms with E-state index in [1.165, 1.54) is 24.8 Å². The molecule has 1 N–H and O–H groups in total. The van der Waals surface area contributed by atoms with Gasteiger partial charge in [0.05, 0.1) is 0 Å². The first-order chi connectivity index (χ1) is 9.29. The maximum atomic E-state index is 11.9. The maximum Gasteiger partial charge on any atom is 0.223 e. The molecule has 1 aliphatic heterocycles. The molecular formula is C15H25N3O. The molecule has 2 rings (SSSR count). The van der Waals surface area contributed by atoms with Gasteiger partial charge in [-0.2, -0.15) is 0 Å². The van der Waals surface area contributed by atoms with E-state index in [9.17, 15) is 4.79 Å². The van der Waals surface area contributed by atoms with E-state index in [-0.39, 0.29) is 0 Å². The average molecular weight is 263 g/mol. The van der Waals surface area contributed by atoms with Crippen molar-refractivity contribution >= 4 is 5.91 Å². The highest BCUT2D eigenvalue weighted by molar-refractivity contribution is 5.76. The summed E-state index contributed by atoms with van der Waals surface area (Å²) in [5.74, 6) is 0.304. The lowest BCUT2D eigenvalue weighted by molar-refractivity contribution is -0.131. The first kappa shape index (κ1) is 14.1. The van der Waals surface area contributed by atoms with Crippen LogP contribution in [0.1, 0.15) is 38.2 Å². The molecule has 0 spiro atoms. The lowest BCUT2D eigenvalue weighted by Gasteiger charge is -2.26. The van der Waals surface area contributed by atoms with Gasteiger partial charge in [0, 0.05) is 51.5 Å². The Bertz CT molecular complexity index is 394. The van der Waals surface area contributed by atoms with Crippen LogP contribution in [0.3, 0.4) is 0 Å². The van der Waals surface area contributed by atoms with Crippen LogP contribution < -0.4 is 5.32 Å². The van der Waals surface area contributed by atoms with Gasteiger partial charge in [0.2, 0.25) is 5.91 Å². The highest BCUT2D eigenvalue weighted by Crippen LogP contribution is 2.09. The van der Waals surface area contributed by atoms with E-state index in [4.69, 9.17) is 0 Å². The van der Waals surface area contributed by atoms with Gasteiger partial charge in [0.25, 0.3) is 0 Å². The summed E-state index contributed by atoms with van der Waals surface area (Å²) in [6.07, 6.45) is 8.48. The molecule has 0 saturated carbocycles. The zero-order chi connectivity index (χ0) is 13.5. The second-order valence-electron chi connectivity index (χ2n) is 5.22. The third kappa shape index (κ3) is 4.39. The quantitative estimate of drug-likeness (QED) is 0.797. The van der Waals surface area contributed by atoms with Gasteiger partial charge in [0.15, 0.2) is 0 Å². The number of rotatable bonds is 6. The fourth-order valence-corrected chi connectivity index (χ4v) is 2.52. The minimum atomic E-state index is 0.304. The minimum Gasteiger partial charge on any atom is -0.354 e. The number of likely N-dealkylation sites (tertiary alicyclic amines) is 1. The monoisotopic (exact) mass is 263 g/mol. The Morgan fingerprint density at radius 2 is 2.11 bits per heavy atom. The summed E-state index contributed by atoms with van der Waals surface area (Å²) >= 11 is 0. The van der Waals surface area contributed by atoms with Crippen molar-refractivity contribution in [2.24, 2.45) is 0 Å². The summed E-state index contributed by atoms with van der Waals surface area (Å²) < 4.78 is 2.16. The van der Waals surface area contributed by atoms with Crippen molar-refractivity contribution < 1.29 is 4.79 Å². The molecule has 4 heteroatoms. The second-order valence-corrected chi connectivity index (χ2v) is 5.22. The third-order valence-electron chi connectivity index (χ3n) is 3.73. The fraction of sp³-hybridized carbons (Fsp3) is 0.667. The Kier molecular flexibility index (Phi) is 5.45. The first-order valence-electron chi connectivity index (χ1n) is 7.42. The Hall–Kier alpha value is -1.29. The molecule has 2 heterocycles. The topological polar surface area (TPSA) is 37.3 Å². The summed E-state index contributed by atoms with van der Waals surface area (Å²) in [4.78, 5) is 14.0. The summed E-state index contributed by atoms with van der Waals surface area (Å²) in [5, 5.41) is 3.35. The number of nitrogens with one attached hydrogen (secondary N) is 1. The molecular weight excluding hydrogens is 238 g/mol. The number of carbonyl (C=O) groups is 1. The van der Waals surface area contributed by atoms with Crippen LogP contribution in [-0.4, -0.2) is 35.0 Å². The van der Waals surface area contributed by atoms with E-state index in [1.807, 2.05) is 4.90 Å². The predicted molar refractivity (Wildman–Crippen MR) is 76.9 cm³/mol. The molecule has 0 bridgehead atoms. The SMILES string of the molecule is CCn1ccc(CNCCC(=O)N2CCCCC2)c1. The molecule has 19 heavy (non-hydrogen) atoms. The van der Waals surface area contributed by atoms with E-state index in [0.717, 1.165) is 32.7 Å². The van der Waals surface area contributed by atoms with Gasteiger partial charge in [-0.1, -0.05) is 0 Å². The molecule has 1 aliphatic rings. The van der Waals surface area contributed by atoms with Gasteiger partial charge in [0.1, 0.15) is 0 Å². The smallest absolute Gasteiger partial charge is 0.223 e. The molecule has 0 aromatic carbocycles. The van der Waals surface area contributed by atoms with E-state index in [0.29, 0.717) is 12.3 Å². The van der Waals surface area contributed by atoms with Crippen molar-refractivity contribution in [3.63, 3.8) is 0 Å². The molecule has 0 unspecified atom stereocenters. The summed E-state index contributed by atoms with van der Waals surface area (Å²) in [6, 6.07) is 2.13. The Morgan fingerprint density at radius 1 is 1.32 bits per heavy atom. The first-order valence-corrected chi connectivity index (χ1v) is 7.42. The molecule has 0 radical (unpaired) electrons. The fourth-order valence-electron chi connectivity index (χ4n) is 2.52. The summed E-state index contributed by atoms with van der Waals surface area (Å²) in [6.45, 7) is 6.67. The number of hydrogen-bond donors (Lipinski definition) is 1. The van der Waals surface area contributed by atoms with Crippen LogP contribution in [0.15, 0.2) is 18.5 Å². The van der Waals surface area contributed by atoms with Crippen molar-refractivity contribution in [3.8, 4) is 0 Å². The van der Waals surface area contributed by atoms with Gasteiger partial charge < -0.3 is 14.8 Å². The molecule has 1 aromatic heterocycles. The van der Waals surface area contributed by atoms with Crippen LogP contribution in [0, 0.1) is 0 Å². The van der Waals surface area contributed by atoms with Crippen molar-refractivity contribution in [2.75, 3.05) is 19.6 Å². The summed E-state index contributed by atoms with van der Waals surface area (Å²) in [7, 11) is 0. The number of aromatic nitrogens is 1. The van der Waals surface area contributed by atoms with Crippen LogP contribution in [-0.2, 0) is 17.9 Å². The van der Waals surface area contributed by atoms with Gasteiger partial charge in [-0.3, -0.25) is 4.79 Å². The molecule has 4 nitrogen and oxygen atoms in total. The van der Waals surface area contributed by atoms with Crippen LogP contribution in [0.25, 0.3) is 0 Å². The average Bonchev–Trinajstić information content (AvgIpc) is 2.92. The Morgan fingerprint density at radius 3 is 2.79 bits per heavy atom. The second kappa shape index (κ2) is 7.34. The molecule has 1 amide bonds.